The minimum Gasteiger partial charge on any atom is -0.392 e. The van der Waals surface area contributed by atoms with Crippen LogP contribution in [0.1, 0.15) is 31.2 Å². The molecule has 0 aromatic heterocycles. The van der Waals surface area contributed by atoms with E-state index in [1.54, 1.807) is 0 Å². The Morgan fingerprint density at radius 1 is 1.17 bits per heavy atom. The van der Waals surface area contributed by atoms with Crippen molar-refractivity contribution >= 4 is 0 Å². The van der Waals surface area contributed by atoms with Crippen molar-refractivity contribution in [3.05, 3.63) is 35.9 Å². The van der Waals surface area contributed by atoms with Gasteiger partial charge in [0, 0.05) is 12.1 Å². The highest BCUT2D eigenvalue weighted by Crippen LogP contribution is 2.39. The van der Waals surface area contributed by atoms with E-state index in [9.17, 15) is 5.11 Å². The van der Waals surface area contributed by atoms with Crippen molar-refractivity contribution in [2.75, 3.05) is 7.05 Å². The molecule has 3 rings (SSSR count). The van der Waals surface area contributed by atoms with Crippen LogP contribution in [0.2, 0.25) is 0 Å². The molecule has 2 heteroatoms. The average molecular weight is 245 g/mol. The zero-order valence-electron chi connectivity index (χ0n) is 11.1. The van der Waals surface area contributed by atoms with Gasteiger partial charge in [-0.25, -0.2) is 0 Å². The third-order valence-corrected chi connectivity index (χ3v) is 4.97. The summed E-state index contributed by atoms with van der Waals surface area (Å²) in [5, 5.41) is 10.5. The van der Waals surface area contributed by atoms with Crippen LogP contribution in [-0.4, -0.2) is 35.2 Å². The van der Waals surface area contributed by atoms with Gasteiger partial charge >= 0.3 is 0 Å². The first kappa shape index (κ1) is 12.2. The van der Waals surface area contributed by atoms with Crippen LogP contribution < -0.4 is 0 Å². The molecule has 0 amide bonds. The Hall–Kier alpha value is -0.860. The lowest BCUT2D eigenvalue weighted by molar-refractivity contribution is 0.0368. The normalized spacial score (nSPS) is 33.6. The summed E-state index contributed by atoms with van der Waals surface area (Å²) >= 11 is 0. The van der Waals surface area contributed by atoms with Gasteiger partial charge in [0.05, 0.1) is 6.10 Å². The fourth-order valence-corrected chi connectivity index (χ4v) is 3.79. The van der Waals surface area contributed by atoms with Crippen LogP contribution in [0.3, 0.4) is 0 Å². The molecule has 0 spiro atoms. The van der Waals surface area contributed by atoms with Gasteiger partial charge in [0.1, 0.15) is 0 Å². The molecule has 18 heavy (non-hydrogen) atoms. The Kier molecular flexibility index (Phi) is 3.40. The SMILES string of the molecule is CN1C2CCC1CC(C(O)Cc1ccccc1)C2. The molecule has 2 fully saturated rings. The lowest BCUT2D eigenvalue weighted by atomic mass is 9.84. The van der Waals surface area contributed by atoms with Gasteiger partial charge in [0.15, 0.2) is 0 Å². The van der Waals surface area contributed by atoms with Crippen molar-refractivity contribution < 1.29 is 5.11 Å². The summed E-state index contributed by atoms with van der Waals surface area (Å²) < 4.78 is 0. The number of rotatable bonds is 3. The van der Waals surface area contributed by atoms with Gasteiger partial charge < -0.3 is 10.0 Å². The predicted octanol–water partition coefficient (Wildman–Crippen LogP) is 2.46. The molecule has 2 aliphatic heterocycles. The van der Waals surface area contributed by atoms with Crippen molar-refractivity contribution in [3.63, 3.8) is 0 Å². The predicted molar refractivity (Wildman–Crippen MR) is 73.4 cm³/mol. The van der Waals surface area contributed by atoms with E-state index in [1.165, 1.54) is 31.2 Å². The van der Waals surface area contributed by atoms with Gasteiger partial charge in [0.25, 0.3) is 0 Å². The first-order valence-corrected chi connectivity index (χ1v) is 7.18. The van der Waals surface area contributed by atoms with E-state index in [-0.39, 0.29) is 6.10 Å². The molecule has 98 valence electrons. The van der Waals surface area contributed by atoms with Crippen LogP contribution in [0.4, 0.5) is 0 Å². The van der Waals surface area contributed by atoms with Crippen LogP contribution >= 0.6 is 0 Å². The third-order valence-electron chi connectivity index (χ3n) is 4.97. The second-order valence-corrected chi connectivity index (χ2v) is 6.04. The number of hydrogen-bond donors (Lipinski definition) is 1. The highest BCUT2D eigenvalue weighted by atomic mass is 16.3. The van der Waals surface area contributed by atoms with Crippen LogP contribution in [0, 0.1) is 5.92 Å². The second kappa shape index (κ2) is 5.02. The largest absolute Gasteiger partial charge is 0.392 e. The average Bonchev–Trinajstić information content (AvgIpc) is 2.63. The molecule has 0 radical (unpaired) electrons. The van der Waals surface area contributed by atoms with Crippen molar-refractivity contribution in [1.29, 1.82) is 0 Å². The Labute approximate surface area is 110 Å². The zero-order valence-corrected chi connectivity index (χ0v) is 11.1. The van der Waals surface area contributed by atoms with E-state index in [0.717, 1.165) is 18.5 Å². The molecule has 3 atom stereocenters. The lowest BCUT2D eigenvalue weighted by Crippen LogP contribution is -2.43. The Balaban J connectivity index is 1.62. The molecule has 1 N–H and O–H groups in total. The first-order valence-electron chi connectivity index (χ1n) is 7.18. The minimum atomic E-state index is -0.163. The molecular weight excluding hydrogens is 222 g/mol. The highest BCUT2D eigenvalue weighted by molar-refractivity contribution is 5.16. The molecular formula is C16H23NO. The van der Waals surface area contributed by atoms with Gasteiger partial charge in [-0.05, 0) is 50.6 Å². The maximum atomic E-state index is 10.5. The molecule has 0 saturated carbocycles. The quantitative estimate of drug-likeness (QED) is 0.884. The van der Waals surface area contributed by atoms with Gasteiger partial charge in [0.2, 0.25) is 0 Å². The summed E-state index contributed by atoms with van der Waals surface area (Å²) in [6, 6.07) is 11.8. The van der Waals surface area contributed by atoms with Crippen LogP contribution in [0.15, 0.2) is 30.3 Å². The van der Waals surface area contributed by atoms with Crippen molar-refractivity contribution in [3.8, 4) is 0 Å². The monoisotopic (exact) mass is 245 g/mol. The van der Waals surface area contributed by atoms with Gasteiger partial charge in [-0.3, -0.25) is 0 Å². The fraction of sp³-hybridized carbons (Fsp3) is 0.625. The van der Waals surface area contributed by atoms with Crippen LogP contribution in [-0.2, 0) is 6.42 Å². The molecule has 0 aliphatic carbocycles. The molecule has 2 nitrogen and oxygen atoms in total. The van der Waals surface area contributed by atoms with E-state index in [1.807, 2.05) is 6.07 Å². The van der Waals surface area contributed by atoms with E-state index in [0.29, 0.717) is 5.92 Å². The number of fused-ring (bicyclic) bond motifs is 2. The second-order valence-electron chi connectivity index (χ2n) is 6.04. The highest BCUT2D eigenvalue weighted by Gasteiger charge is 2.40. The van der Waals surface area contributed by atoms with Gasteiger partial charge in [-0.2, -0.15) is 0 Å². The van der Waals surface area contributed by atoms with E-state index in [2.05, 4.69) is 36.2 Å². The smallest absolute Gasteiger partial charge is 0.0609 e. The number of nitrogens with zero attached hydrogens (tertiary/aromatic N) is 1. The number of aliphatic hydroxyl groups excluding tert-OH is 1. The Morgan fingerprint density at radius 2 is 1.78 bits per heavy atom. The maximum Gasteiger partial charge on any atom is 0.0609 e. The fourth-order valence-electron chi connectivity index (χ4n) is 3.79. The summed E-state index contributed by atoms with van der Waals surface area (Å²) in [5.41, 5.74) is 1.26. The van der Waals surface area contributed by atoms with E-state index in [4.69, 9.17) is 0 Å². The van der Waals surface area contributed by atoms with Crippen LogP contribution in [0.5, 0.6) is 0 Å². The molecule has 1 aromatic rings. The summed E-state index contributed by atoms with van der Waals surface area (Å²) in [5.74, 6) is 0.499. The number of piperidine rings is 1. The summed E-state index contributed by atoms with van der Waals surface area (Å²) in [4.78, 5) is 2.53. The molecule has 2 bridgehead atoms. The number of hydrogen-bond acceptors (Lipinski definition) is 2. The topological polar surface area (TPSA) is 23.5 Å². The molecule has 2 aliphatic rings. The maximum absolute atomic E-state index is 10.5. The van der Waals surface area contributed by atoms with Crippen LogP contribution in [0.25, 0.3) is 0 Å². The number of benzene rings is 1. The van der Waals surface area contributed by atoms with E-state index >= 15 is 0 Å². The minimum absolute atomic E-state index is 0.163. The van der Waals surface area contributed by atoms with Gasteiger partial charge in [-0.15, -0.1) is 0 Å². The first-order chi connectivity index (χ1) is 8.74. The summed E-state index contributed by atoms with van der Waals surface area (Å²) in [7, 11) is 2.25. The zero-order chi connectivity index (χ0) is 12.5. The third kappa shape index (κ3) is 2.32. The number of aliphatic hydroxyl groups is 1. The molecule has 2 saturated heterocycles. The Bertz CT molecular complexity index is 377. The summed E-state index contributed by atoms with van der Waals surface area (Å²) in [6.45, 7) is 0. The van der Waals surface area contributed by atoms with Crippen molar-refractivity contribution in [2.24, 2.45) is 5.92 Å². The molecule has 3 unspecified atom stereocenters. The van der Waals surface area contributed by atoms with Crippen molar-refractivity contribution in [1.82, 2.24) is 4.90 Å². The lowest BCUT2D eigenvalue weighted by Gasteiger charge is -2.38. The van der Waals surface area contributed by atoms with Gasteiger partial charge in [-0.1, -0.05) is 30.3 Å². The molecule has 2 heterocycles. The Morgan fingerprint density at radius 3 is 2.39 bits per heavy atom. The standard InChI is InChI=1S/C16H23NO/c1-17-14-7-8-15(17)11-13(10-14)16(18)9-12-5-3-2-4-6-12/h2-6,13-16,18H,7-11H2,1H3. The molecule has 1 aromatic carbocycles. The van der Waals surface area contributed by atoms with Crippen molar-refractivity contribution in [2.45, 2.75) is 50.3 Å². The van der Waals surface area contributed by atoms with E-state index < -0.39 is 0 Å². The summed E-state index contributed by atoms with van der Waals surface area (Å²) in [6.07, 6.45) is 5.67.